The van der Waals surface area contributed by atoms with Crippen LogP contribution in [0.15, 0.2) is 0 Å². The van der Waals surface area contributed by atoms with Crippen molar-refractivity contribution in [3.63, 3.8) is 0 Å². The van der Waals surface area contributed by atoms with E-state index in [-0.39, 0.29) is 0 Å². The second-order valence-electron chi connectivity index (χ2n) is 4.56. The number of carbonyl (C=O) groups excluding carboxylic acids is 1. The number of nitrogens with one attached hydrogen (secondary N) is 1. The molecule has 3 nitrogen and oxygen atoms in total. The zero-order valence-electron chi connectivity index (χ0n) is 8.74. The molecule has 1 saturated heterocycles. The zero-order valence-corrected chi connectivity index (χ0v) is 8.74. The van der Waals surface area contributed by atoms with Crippen LogP contribution in [0.2, 0.25) is 0 Å². The Bertz CT molecular complexity index is 182. The maximum absolute atomic E-state index is 10.5. The molecular formula is C11H20N2O. The Balaban J connectivity index is 1.69. The molecule has 0 atom stereocenters. The molecule has 2 fully saturated rings. The smallest absolute Gasteiger partial charge is 0.209 e. The van der Waals surface area contributed by atoms with Crippen molar-refractivity contribution in [1.29, 1.82) is 0 Å². The second-order valence-corrected chi connectivity index (χ2v) is 4.56. The molecule has 1 amide bonds. The highest BCUT2D eigenvalue weighted by Gasteiger charge is 2.22. The van der Waals surface area contributed by atoms with Gasteiger partial charge in [0.05, 0.1) is 0 Å². The van der Waals surface area contributed by atoms with E-state index in [2.05, 4.69) is 5.32 Å². The normalized spacial score (nSPS) is 25.6. The molecule has 14 heavy (non-hydrogen) atoms. The van der Waals surface area contributed by atoms with Gasteiger partial charge in [-0.05, 0) is 25.7 Å². The molecule has 0 unspecified atom stereocenters. The molecule has 0 aromatic heterocycles. The van der Waals surface area contributed by atoms with Gasteiger partial charge in [-0.2, -0.15) is 0 Å². The highest BCUT2D eigenvalue weighted by Crippen LogP contribution is 2.20. The molecule has 1 saturated carbocycles. The van der Waals surface area contributed by atoms with Crippen LogP contribution in [0, 0.1) is 0 Å². The van der Waals surface area contributed by atoms with E-state index in [4.69, 9.17) is 0 Å². The third-order valence-corrected chi connectivity index (χ3v) is 3.51. The summed E-state index contributed by atoms with van der Waals surface area (Å²) in [6, 6.07) is 1.43. The van der Waals surface area contributed by atoms with E-state index < -0.39 is 0 Å². The second kappa shape index (κ2) is 4.78. The van der Waals surface area contributed by atoms with Crippen molar-refractivity contribution in [2.24, 2.45) is 0 Å². The van der Waals surface area contributed by atoms with Crippen LogP contribution in [-0.4, -0.2) is 36.5 Å². The fraction of sp³-hybridized carbons (Fsp3) is 0.909. The van der Waals surface area contributed by atoms with E-state index >= 15 is 0 Å². The highest BCUT2D eigenvalue weighted by molar-refractivity contribution is 5.47. The molecule has 3 heteroatoms. The molecule has 0 radical (unpaired) electrons. The summed E-state index contributed by atoms with van der Waals surface area (Å²) in [7, 11) is 0. The van der Waals surface area contributed by atoms with Crippen LogP contribution in [-0.2, 0) is 4.79 Å². The van der Waals surface area contributed by atoms with Gasteiger partial charge in [-0.3, -0.25) is 4.79 Å². The summed E-state index contributed by atoms with van der Waals surface area (Å²) in [6.07, 6.45) is 8.74. The van der Waals surface area contributed by atoms with Crippen molar-refractivity contribution in [2.75, 3.05) is 13.1 Å². The van der Waals surface area contributed by atoms with Gasteiger partial charge in [-0.25, -0.2) is 0 Å². The lowest BCUT2D eigenvalue weighted by Gasteiger charge is -2.31. The van der Waals surface area contributed by atoms with Crippen LogP contribution in [0.4, 0.5) is 0 Å². The number of hydrogen-bond acceptors (Lipinski definition) is 2. The molecule has 0 aromatic rings. The number of likely N-dealkylation sites (tertiary alicyclic amines) is 1. The number of amides is 1. The van der Waals surface area contributed by atoms with Crippen LogP contribution >= 0.6 is 0 Å². The van der Waals surface area contributed by atoms with Crippen LogP contribution in [0.25, 0.3) is 0 Å². The largest absolute Gasteiger partial charge is 0.345 e. The first-order chi connectivity index (χ1) is 6.88. The fourth-order valence-corrected chi connectivity index (χ4v) is 2.60. The van der Waals surface area contributed by atoms with Crippen molar-refractivity contribution >= 4 is 6.41 Å². The molecule has 0 bridgehead atoms. The van der Waals surface area contributed by atoms with Gasteiger partial charge in [0.2, 0.25) is 6.41 Å². The van der Waals surface area contributed by atoms with Crippen LogP contribution in [0.1, 0.15) is 38.5 Å². The summed E-state index contributed by atoms with van der Waals surface area (Å²) >= 11 is 0. The summed E-state index contributed by atoms with van der Waals surface area (Å²) in [4.78, 5) is 12.4. The van der Waals surface area contributed by atoms with Gasteiger partial charge in [0.15, 0.2) is 0 Å². The SMILES string of the molecule is O=CN1CCC(NC2CCCC2)CC1. The van der Waals surface area contributed by atoms with Crippen LogP contribution in [0.5, 0.6) is 0 Å². The van der Waals surface area contributed by atoms with E-state index in [0.29, 0.717) is 6.04 Å². The number of hydrogen-bond donors (Lipinski definition) is 1. The third-order valence-electron chi connectivity index (χ3n) is 3.51. The third kappa shape index (κ3) is 2.47. The van der Waals surface area contributed by atoms with Crippen molar-refractivity contribution < 1.29 is 4.79 Å². The maximum Gasteiger partial charge on any atom is 0.209 e. The Morgan fingerprint density at radius 1 is 1.00 bits per heavy atom. The van der Waals surface area contributed by atoms with E-state index in [1.165, 1.54) is 25.7 Å². The molecule has 0 aromatic carbocycles. The Morgan fingerprint density at radius 3 is 2.14 bits per heavy atom. The van der Waals surface area contributed by atoms with Gasteiger partial charge < -0.3 is 10.2 Å². The van der Waals surface area contributed by atoms with E-state index in [1.54, 1.807) is 0 Å². The molecule has 0 spiro atoms. The molecule has 1 aliphatic heterocycles. The Morgan fingerprint density at radius 2 is 1.57 bits per heavy atom. The Labute approximate surface area is 85.8 Å². The topological polar surface area (TPSA) is 32.3 Å². The first kappa shape index (κ1) is 9.97. The van der Waals surface area contributed by atoms with Gasteiger partial charge in [0.1, 0.15) is 0 Å². The fourth-order valence-electron chi connectivity index (χ4n) is 2.60. The first-order valence-corrected chi connectivity index (χ1v) is 5.84. The zero-order chi connectivity index (χ0) is 9.80. The summed E-state index contributed by atoms with van der Waals surface area (Å²) < 4.78 is 0. The van der Waals surface area contributed by atoms with Gasteiger partial charge in [0.25, 0.3) is 0 Å². The number of piperidine rings is 1. The van der Waals surface area contributed by atoms with Crippen molar-refractivity contribution in [3.05, 3.63) is 0 Å². The molecule has 1 N–H and O–H groups in total. The molecule has 2 rings (SSSR count). The monoisotopic (exact) mass is 196 g/mol. The molecule has 80 valence electrons. The predicted octanol–water partition coefficient (Wildman–Crippen LogP) is 1.14. The minimum Gasteiger partial charge on any atom is -0.345 e. The van der Waals surface area contributed by atoms with Crippen molar-refractivity contribution in [2.45, 2.75) is 50.6 Å². The molecule has 1 heterocycles. The maximum atomic E-state index is 10.5. The van der Waals surface area contributed by atoms with Gasteiger partial charge in [-0.15, -0.1) is 0 Å². The average Bonchev–Trinajstić information content (AvgIpc) is 2.72. The lowest BCUT2D eigenvalue weighted by molar-refractivity contribution is -0.119. The minimum absolute atomic E-state index is 0.661. The van der Waals surface area contributed by atoms with Crippen molar-refractivity contribution in [1.82, 2.24) is 10.2 Å². The summed E-state index contributed by atoms with van der Waals surface area (Å²) in [5.74, 6) is 0. The molecule has 1 aliphatic carbocycles. The molecular weight excluding hydrogens is 176 g/mol. The predicted molar refractivity (Wildman–Crippen MR) is 56.1 cm³/mol. The van der Waals surface area contributed by atoms with E-state index in [0.717, 1.165) is 38.4 Å². The average molecular weight is 196 g/mol. The Kier molecular flexibility index (Phi) is 3.40. The van der Waals surface area contributed by atoms with Crippen LogP contribution in [0.3, 0.4) is 0 Å². The van der Waals surface area contributed by atoms with E-state index in [1.807, 2.05) is 4.90 Å². The summed E-state index contributed by atoms with van der Waals surface area (Å²) in [6.45, 7) is 1.88. The van der Waals surface area contributed by atoms with Gasteiger partial charge >= 0.3 is 0 Å². The van der Waals surface area contributed by atoms with E-state index in [9.17, 15) is 4.79 Å². The number of nitrogens with zero attached hydrogens (tertiary/aromatic N) is 1. The minimum atomic E-state index is 0.661. The number of carbonyl (C=O) groups is 1. The van der Waals surface area contributed by atoms with Crippen molar-refractivity contribution in [3.8, 4) is 0 Å². The Hall–Kier alpha value is -0.570. The quantitative estimate of drug-likeness (QED) is 0.686. The lowest BCUT2D eigenvalue weighted by Crippen LogP contribution is -2.45. The summed E-state index contributed by atoms with van der Waals surface area (Å²) in [5.41, 5.74) is 0. The lowest BCUT2D eigenvalue weighted by atomic mass is 10.0. The molecule has 2 aliphatic rings. The summed E-state index contributed by atoms with van der Waals surface area (Å²) in [5, 5.41) is 3.72. The first-order valence-electron chi connectivity index (χ1n) is 5.84. The van der Waals surface area contributed by atoms with Gasteiger partial charge in [-0.1, -0.05) is 12.8 Å². The van der Waals surface area contributed by atoms with Crippen LogP contribution < -0.4 is 5.32 Å². The number of rotatable bonds is 3. The highest BCUT2D eigenvalue weighted by atomic mass is 16.1. The van der Waals surface area contributed by atoms with Gasteiger partial charge in [0, 0.05) is 25.2 Å². The standard InChI is InChI=1S/C11H20N2O/c14-9-13-7-5-11(6-8-13)12-10-3-1-2-4-10/h9-12H,1-8H2.